The minimum absolute atomic E-state index is 0. The van der Waals surface area contributed by atoms with E-state index in [2.05, 4.69) is 45.4 Å². The van der Waals surface area contributed by atoms with E-state index in [0.29, 0.717) is 6.54 Å². The van der Waals surface area contributed by atoms with Gasteiger partial charge in [0.15, 0.2) is 0 Å². The lowest BCUT2D eigenvalue weighted by molar-refractivity contribution is -0.131. The van der Waals surface area contributed by atoms with E-state index >= 15 is 0 Å². The van der Waals surface area contributed by atoms with Gasteiger partial charge in [-0.2, -0.15) is 0 Å². The molecule has 3 N–H and O–H groups in total. The topological polar surface area (TPSA) is 70.8 Å². The van der Waals surface area contributed by atoms with Crippen LogP contribution in [-0.4, -0.2) is 73.7 Å². The maximum absolute atomic E-state index is 12.1. The molecule has 2 saturated heterocycles. The lowest BCUT2D eigenvalue weighted by Gasteiger charge is -2.34. The van der Waals surface area contributed by atoms with Crippen molar-refractivity contribution in [1.82, 2.24) is 15.1 Å². The Morgan fingerprint density at radius 3 is 2.31 bits per heavy atom. The molecule has 6 nitrogen and oxygen atoms in total. The smallest absolute Gasteiger partial charge is 0.249 e. The molecule has 1 aromatic carbocycles. The monoisotopic (exact) mass is 468 g/mol. The molecule has 9 heteroatoms. The molecule has 2 aliphatic heterocycles. The van der Waals surface area contributed by atoms with Gasteiger partial charge in [-0.25, -0.2) is 0 Å². The second-order valence-electron chi connectivity index (χ2n) is 7.31. The van der Waals surface area contributed by atoms with Crippen molar-refractivity contribution in [2.24, 2.45) is 5.73 Å². The predicted octanol–water partition coefficient (Wildman–Crippen LogP) is 2.08. The molecule has 2 fully saturated rings. The lowest BCUT2D eigenvalue weighted by atomic mass is 10.2. The van der Waals surface area contributed by atoms with Gasteiger partial charge in [-0.3, -0.25) is 9.69 Å². The first-order valence-corrected chi connectivity index (χ1v) is 9.86. The molecule has 168 valence electrons. The summed E-state index contributed by atoms with van der Waals surface area (Å²) >= 11 is 0. The van der Waals surface area contributed by atoms with E-state index in [4.69, 9.17) is 10.5 Å². The third-order valence-corrected chi connectivity index (χ3v) is 5.33. The molecule has 2 aliphatic rings. The van der Waals surface area contributed by atoms with Crippen molar-refractivity contribution >= 4 is 43.1 Å². The average molecular weight is 470 g/mol. The van der Waals surface area contributed by atoms with Crippen molar-refractivity contribution in [3.05, 3.63) is 35.9 Å². The van der Waals surface area contributed by atoms with Gasteiger partial charge >= 0.3 is 0 Å². The Balaban J connectivity index is 0.00000261. The van der Waals surface area contributed by atoms with Gasteiger partial charge in [0.1, 0.15) is 6.10 Å². The van der Waals surface area contributed by atoms with E-state index in [1.54, 1.807) is 0 Å². The summed E-state index contributed by atoms with van der Waals surface area (Å²) < 4.78 is 5.63. The first kappa shape index (κ1) is 28.4. The summed E-state index contributed by atoms with van der Waals surface area (Å²) in [4.78, 5) is 17.1. The molecular weight excluding hydrogens is 435 g/mol. The molecule has 1 amide bonds. The molecular formula is C20H35Cl3N4O2. The van der Waals surface area contributed by atoms with Crippen molar-refractivity contribution in [1.29, 1.82) is 0 Å². The highest BCUT2D eigenvalue weighted by Crippen LogP contribution is 2.18. The van der Waals surface area contributed by atoms with Gasteiger partial charge in [0.05, 0.1) is 6.10 Å². The molecule has 1 aromatic rings. The molecule has 0 radical (unpaired) electrons. The highest BCUT2D eigenvalue weighted by atomic mass is 35.5. The van der Waals surface area contributed by atoms with Gasteiger partial charge in [0, 0.05) is 45.8 Å². The summed E-state index contributed by atoms with van der Waals surface area (Å²) in [7, 11) is 0. The van der Waals surface area contributed by atoms with Crippen LogP contribution in [-0.2, 0) is 16.1 Å². The molecule has 3 rings (SSSR count). The maximum atomic E-state index is 12.1. The normalized spacial score (nSPS) is 22.1. The van der Waals surface area contributed by atoms with Gasteiger partial charge in [0.2, 0.25) is 5.91 Å². The highest BCUT2D eigenvalue weighted by molar-refractivity contribution is 5.86. The summed E-state index contributed by atoms with van der Waals surface area (Å²) in [5.41, 5.74) is 6.97. The van der Waals surface area contributed by atoms with E-state index in [-0.39, 0.29) is 55.3 Å². The van der Waals surface area contributed by atoms with Crippen molar-refractivity contribution in [2.75, 3.05) is 45.8 Å². The van der Waals surface area contributed by atoms with Gasteiger partial charge < -0.3 is 20.7 Å². The summed E-state index contributed by atoms with van der Waals surface area (Å²) in [5.74, 6) is 0.0219. The predicted molar refractivity (Wildman–Crippen MR) is 124 cm³/mol. The fraction of sp³-hybridized carbons (Fsp3) is 0.650. The molecule has 0 saturated carbocycles. The number of rotatable bonds is 8. The standard InChI is InChI=1S/C20H32N4O2.3ClH/c21-15-18-7-8-19(26-18)20(25)22-9-4-10-23-11-13-24(14-12-23)16-17-5-2-1-3-6-17;;;/h1-3,5-6,18-19H,4,7-16,21H2,(H,22,25);3*1H/t18-,19+;;;/m1.../s1. The highest BCUT2D eigenvalue weighted by Gasteiger charge is 2.29. The molecule has 0 unspecified atom stereocenters. The van der Waals surface area contributed by atoms with E-state index in [9.17, 15) is 4.79 Å². The molecule has 29 heavy (non-hydrogen) atoms. The summed E-state index contributed by atoms with van der Waals surface area (Å²) in [6.45, 7) is 7.72. The largest absolute Gasteiger partial charge is 0.364 e. The Kier molecular flexibility index (Phi) is 14.9. The second kappa shape index (κ2) is 15.2. The van der Waals surface area contributed by atoms with Gasteiger partial charge in [0.25, 0.3) is 0 Å². The van der Waals surface area contributed by atoms with Gasteiger partial charge in [-0.05, 0) is 31.4 Å². The van der Waals surface area contributed by atoms with Crippen molar-refractivity contribution in [2.45, 2.75) is 38.0 Å². The number of hydrogen-bond acceptors (Lipinski definition) is 5. The van der Waals surface area contributed by atoms with Crippen LogP contribution in [0.15, 0.2) is 30.3 Å². The lowest BCUT2D eigenvalue weighted by Crippen LogP contribution is -2.46. The van der Waals surface area contributed by atoms with Crippen LogP contribution < -0.4 is 11.1 Å². The molecule has 2 atom stereocenters. The Hall–Kier alpha value is -0.600. The number of amides is 1. The second-order valence-corrected chi connectivity index (χ2v) is 7.31. The van der Waals surface area contributed by atoms with Crippen LogP contribution in [0.2, 0.25) is 0 Å². The summed E-state index contributed by atoms with van der Waals surface area (Å²) in [5, 5.41) is 3.01. The van der Waals surface area contributed by atoms with E-state index in [0.717, 1.165) is 65.1 Å². The number of hydrogen-bond donors (Lipinski definition) is 2. The van der Waals surface area contributed by atoms with Crippen LogP contribution in [0.5, 0.6) is 0 Å². The Morgan fingerprint density at radius 1 is 1.03 bits per heavy atom. The number of benzene rings is 1. The first-order valence-electron chi connectivity index (χ1n) is 9.86. The van der Waals surface area contributed by atoms with Crippen LogP contribution in [0.3, 0.4) is 0 Å². The van der Waals surface area contributed by atoms with Crippen LogP contribution >= 0.6 is 37.2 Å². The third kappa shape index (κ3) is 9.39. The summed E-state index contributed by atoms with van der Waals surface area (Å²) in [6.07, 6.45) is 2.42. The van der Waals surface area contributed by atoms with Crippen LogP contribution in [0, 0.1) is 0 Å². The fourth-order valence-corrected chi connectivity index (χ4v) is 3.71. The van der Waals surface area contributed by atoms with E-state index in [1.165, 1.54) is 5.56 Å². The number of nitrogens with zero attached hydrogens (tertiary/aromatic N) is 2. The zero-order valence-electron chi connectivity index (χ0n) is 16.8. The number of carbonyl (C=O) groups excluding carboxylic acids is 1. The maximum Gasteiger partial charge on any atom is 0.249 e. The van der Waals surface area contributed by atoms with Crippen LogP contribution in [0.1, 0.15) is 24.8 Å². The zero-order chi connectivity index (χ0) is 18.2. The Morgan fingerprint density at radius 2 is 1.69 bits per heavy atom. The molecule has 0 aliphatic carbocycles. The number of piperazine rings is 1. The number of nitrogens with one attached hydrogen (secondary N) is 1. The molecule has 0 bridgehead atoms. The molecule has 0 aromatic heterocycles. The summed E-state index contributed by atoms with van der Waals surface area (Å²) in [6, 6.07) is 10.7. The Labute approximate surface area is 193 Å². The van der Waals surface area contributed by atoms with Crippen molar-refractivity contribution < 1.29 is 9.53 Å². The first-order chi connectivity index (χ1) is 12.7. The van der Waals surface area contributed by atoms with E-state index in [1.807, 2.05) is 0 Å². The third-order valence-electron chi connectivity index (χ3n) is 5.33. The number of ether oxygens (including phenoxy) is 1. The van der Waals surface area contributed by atoms with Crippen LogP contribution in [0.4, 0.5) is 0 Å². The van der Waals surface area contributed by atoms with Crippen molar-refractivity contribution in [3.8, 4) is 0 Å². The fourth-order valence-electron chi connectivity index (χ4n) is 3.71. The SMILES string of the molecule is Cl.Cl.Cl.NC[C@H]1CC[C@@H](C(=O)NCCCN2CCN(Cc3ccccc3)CC2)O1. The van der Waals surface area contributed by atoms with Crippen LogP contribution in [0.25, 0.3) is 0 Å². The number of halogens is 3. The Bertz CT molecular complexity index is 560. The number of carbonyl (C=O) groups is 1. The van der Waals surface area contributed by atoms with Crippen molar-refractivity contribution in [3.63, 3.8) is 0 Å². The molecule has 0 spiro atoms. The minimum atomic E-state index is -0.301. The molecule has 2 heterocycles. The number of nitrogens with two attached hydrogens (primary N) is 1. The minimum Gasteiger partial charge on any atom is -0.364 e. The average Bonchev–Trinajstić information content (AvgIpc) is 3.17. The van der Waals surface area contributed by atoms with E-state index < -0.39 is 0 Å². The van der Waals surface area contributed by atoms with Gasteiger partial charge in [-0.15, -0.1) is 37.2 Å². The zero-order valence-corrected chi connectivity index (χ0v) is 19.3. The quantitative estimate of drug-likeness (QED) is 0.571. The van der Waals surface area contributed by atoms with Gasteiger partial charge in [-0.1, -0.05) is 30.3 Å².